The van der Waals surface area contributed by atoms with Crippen molar-refractivity contribution >= 4 is 23.6 Å². The first kappa shape index (κ1) is 32.5. The van der Waals surface area contributed by atoms with Gasteiger partial charge < -0.3 is 15.4 Å². The number of nitrogens with one attached hydrogen (secondary N) is 2. The number of hydrogen-bond donors (Lipinski definition) is 2. The zero-order valence-electron chi connectivity index (χ0n) is 22.1. The number of alkyl carbamates (subject to hydrolysis) is 1. The molecule has 0 fully saturated rings. The number of benzene rings is 2. The van der Waals surface area contributed by atoms with Crippen molar-refractivity contribution in [3.8, 4) is 11.4 Å². The quantitative estimate of drug-likeness (QED) is 0.294. The standard InChI is InChI=1S/C26H26ClF6N5O4/c1-2-34-23(40)42-15-18(17-4-3-5-19(12-17)26(31,32)33)13-35-21(39)14-38-24(41)37(11-10-25(28,29)30)22(36-38)16-6-8-20(27)9-7-16/h3-9,12,18H,2,10-11,13-15H2,1H3,(H,34,40)(H,35,39). The third kappa shape index (κ3) is 9.26. The van der Waals surface area contributed by atoms with Gasteiger partial charge in [-0.2, -0.15) is 26.3 Å². The van der Waals surface area contributed by atoms with Gasteiger partial charge in [0.05, 0.1) is 12.0 Å². The summed E-state index contributed by atoms with van der Waals surface area (Å²) in [5, 5.41) is 9.23. The predicted molar refractivity (Wildman–Crippen MR) is 140 cm³/mol. The number of carbonyl (C=O) groups is 2. The predicted octanol–water partition coefficient (Wildman–Crippen LogP) is 4.98. The maximum absolute atomic E-state index is 13.3. The van der Waals surface area contributed by atoms with Gasteiger partial charge in [0.15, 0.2) is 5.82 Å². The van der Waals surface area contributed by atoms with Gasteiger partial charge in [-0.15, -0.1) is 5.10 Å². The Morgan fingerprint density at radius 2 is 1.74 bits per heavy atom. The lowest BCUT2D eigenvalue weighted by Crippen LogP contribution is -2.37. The van der Waals surface area contributed by atoms with Gasteiger partial charge in [-0.05, 0) is 42.8 Å². The van der Waals surface area contributed by atoms with Crippen molar-refractivity contribution in [3.05, 3.63) is 75.2 Å². The fourth-order valence-electron chi connectivity index (χ4n) is 3.84. The van der Waals surface area contributed by atoms with Gasteiger partial charge in [0, 0.05) is 36.1 Å². The summed E-state index contributed by atoms with van der Waals surface area (Å²) in [6, 6.07) is 10.1. The Morgan fingerprint density at radius 1 is 1.05 bits per heavy atom. The number of alkyl halides is 6. The lowest BCUT2D eigenvalue weighted by Gasteiger charge is -2.19. The van der Waals surface area contributed by atoms with Crippen LogP contribution >= 0.6 is 11.6 Å². The highest BCUT2D eigenvalue weighted by molar-refractivity contribution is 6.30. The van der Waals surface area contributed by atoms with E-state index >= 15 is 0 Å². The maximum atomic E-state index is 13.3. The first-order valence-corrected chi connectivity index (χ1v) is 12.9. The molecule has 0 saturated carbocycles. The van der Waals surface area contributed by atoms with Crippen LogP contribution in [0.25, 0.3) is 11.4 Å². The molecule has 2 amide bonds. The Labute approximate surface area is 240 Å². The van der Waals surface area contributed by atoms with Crippen LogP contribution in [-0.4, -0.2) is 52.2 Å². The zero-order valence-corrected chi connectivity index (χ0v) is 22.8. The zero-order chi connectivity index (χ0) is 31.1. The molecule has 0 saturated heterocycles. The van der Waals surface area contributed by atoms with E-state index in [1.807, 2.05) is 0 Å². The summed E-state index contributed by atoms with van der Waals surface area (Å²) in [5.41, 5.74) is -1.52. The summed E-state index contributed by atoms with van der Waals surface area (Å²) in [5.74, 6) is -1.84. The van der Waals surface area contributed by atoms with E-state index in [-0.39, 0.29) is 36.6 Å². The number of aromatic nitrogens is 3. The number of rotatable bonds is 11. The van der Waals surface area contributed by atoms with Gasteiger partial charge in [-0.1, -0.05) is 29.8 Å². The van der Waals surface area contributed by atoms with Crippen molar-refractivity contribution in [2.45, 2.75) is 44.7 Å². The first-order chi connectivity index (χ1) is 19.7. The summed E-state index contributed by atoms with van der Waals surface area (Å²) in [7, 11) is 0. The molecule has 1 heterocycles. The van der Waals surface area contributed by atoms with Gasteiger partial charge in [0.25, 0.3) is 0 Å². The highest BCUT2D eigenvalue weighted by atomic mass is 35.5. The van der Waals surface area contributed by atoms with Crippen LogP contribution in [0.5, 0.6) is 0 Å². The van der Waals surface area contributed by atoms with Gasteiger partial charge in [-0.3, -0.25) is 9.36 Å². The summed E-state index contributed by atoms with van der Waals surface area (Å²) in [4.78, 5) is 37.5. The molecule has 16 heteroatoms. The third-order valence-corrected chi connectivity index (χ3v) is 6.16. The lowest BCUT2D eigenvalue weighted by atomic mass is 9.97. The normalized spacial score (nSPS) is 12.6. The summed E-state index contributed by atoms with van der Waals surface area (Å²) in [6.45, 7) is -0.266. The summed E-state index contributed by atoms with van der Waals surface area (Å²) < 4.78 is 85.1. The Morgan fingerprint density at radius 3 is 2.36 bits per heavy atom. The Bertz CT molecular complexity index is 1440. The van der Waals surface area contributed by atoms with Crippen LogP contribution < -0.4 is 16.3 Å². The minimum Gasteiger partial charge on any atom is -0.449 e. The third-order valence-electron chi connectivity index (χ3n) is 5.91. The van der Waals surface area contributed by atoms with E-state index in [0.717, 1.165) is 16.7 Å². The molecule has 0 aliphatic rings. The highest BCUT2D eigenvalue weighted by Crippen LogP contribution is 2.31. The molecule has 9 nitrogen and oxygen atoms in total. The van der Waals surface area contributed by atoms with Crippen LogP contribution in [0.1, 0.15) is 30.4 Å². The van der Waals surface area contributed by atoms with E-state index in [2.05, 4.69) is 15.7 Å². The van der Waals surface area contributed by atoms with Crippen molar-refractivity contribution in [1.29, 1.82) is 0 Å². The average Bonchev–Trinajstić information content (AvgIpc) is 3.21. The molecule has 0 aliphatic carbocycles. The van der Waals surface area contributed by atoms with E-state index in [1.54, 1.807) is 6.92 Å². The van der Waals surface area contributed by atoms with E-state index in [1.165, 1.54) is 36.4 Å². The average molecular weight is 622 g/mol. The maximum Gasteiger partial charge on any atom is 0.416 e. The largest absolute Gasteiger partial charge is 0.449 e. The van der Waals surface area contributed by atoms with Crippen molar-refractivity contribution in [1.82, 2.24) is 25.0 Å². The Balaban J connectivity index is 1.81. The topological polar surface area (TPSA) is 107 Å². The van der Waals surface area contributed by atoms with Crippen molar-refractivity contribution in [2.24, 2.45) is 0 Å². The first-order valence-electron chi connectivity index (χ1n) is 12.5. The second-order valence-corrected chi connectivity index (χ2v) is 9.48. The highest BCUT2D eigenvalue weighted by Gasteiger charge is 2.31. The number of ether oxygens (including phenoxy) is 1. The van der Waals surface area contributed by atoms with Crippen molar-refractivity contribution < 1.29 is 40.7 Å². The summed E-state index contributed by atoms with van der Waals surface area (Å²) in [6.07, 6.45) is -11.3. The van der Waals surface area contributed by atoms with Gasteiger partial charge in [0.2, 0.25) is 5.91 Å². The Hall–Kier alpha value is -4.01. The minimum absolute atomic E-state index is 0.119. The number of hydrogen-bond acceptors (Lipinski definition) is 5. The molecular weight excluding hydrogens is 596 g/mol. The molecule has 3 aromatic rings. The fourth-order valence-corrected chi connectivity index (χ4v) is 3.97. The number of carbonyl (C=O) groups excluding carboxylic acids is 2. The van der Waals surface area contributed by atoms with Crippen LogP contribution in [0.15, 0.2) is 53.3 Å². The lowest BCUT2D eigenvalue weighted by molar-refractivity contribution is -0.138. The van der Waals surface area contributed by atoms with Gasteiger partial charge in [0.1, 0.15) is 13.2 Å². The monoisotopic (exact) mass is 621 g/mol. The van der Waals surface area contributed by atoms with Gasteiger partial charge >= 0.3 is 24.1 Å². The second kappa shape index (κ2) is 13.8. The molecule has 42 heavy (non-hydrogen) atoms. The number of amides is 2. The van der Waals surface area contributed by atoms with E-state index in [4.69, 9.17) is 16.3 Å². The molecule has 2 N–H and O–H groups in total. The molecule has 0 spiro atoms. The molecule has 2 aromatic carbocycles. The molecule has 1 unspecified atom stereocenters. The SMILES string of the molecule is CCNC(=O)OCC(CNC(=O)Cn1nc(-c2ccc(Cl)cc2)n(CCC(F)(F)F)c1=O)c1cccc(C(F)(F)F)c1. The molecule has 0 bridgehead atoms. The molecule has 0 aliphatic heterocycles. The van der Waals surface area contributed by atoms with Crippen molar-refractivity contribution in [2.75, 3.05) is 19.7 Å². The van der Waals surface area contributed by atoms with E-state index in [0.29, 0.717) is 9.70 Å². The molecular formula is C26H26ClF6N5O4. The summed E-state index contributed by atoms with van der Waals surface area (Å²) >= 11 is 5.87. The number of nitrogens with zero attached hydrogens (tertiary/aromatic N) is 3. The van der Waals surface area contributed by atoms with E-state index < -0.39 is 61.0 Å². The van der Waals surface area contributed by atoms with Crippen LogP contribution in [0.3, 0.4) is 0 Å². The molecule has 228 valence electrons. The van der Waals surface area contributed by atoms with Crippen LogP contribution in [0.2, 0.25) is 5.02 Å². The molecule has 1 atom stereocenters. The number of halogens is 7. The fraction of sp³-hybridized carbons (Fsp3) is 0.385. The molecule has 3 rings (SSSR count). The second-order valence-electron chi connectivity index (χ2n) is 9.04. The van der Waals surface area contributed by atoms with Crippen molar-refractivity contribution in [3.63, 3.8) is 0 Å². The Kier molecular flexibility index (Phi) is 10.7. The van der Waals surface area contributed by atoms with Crippen LogP contribution in [0, 0.1) is 0 Å². The molecule has 0 radical (unpaired) electrons. The molecule has 1 aromatic heterocycles. The smallest absolute Gasteiger partial charge is 0.416 e. The minimum atomic E-state index is -4.64. The van der Waals surface area contributed by atoms with Gasteiger partial charge in [-0.25, -0.2) is 14.3 Å². The van der Waals surface area contributed by atoms with Crippen LogP contribution in [-0.2, 0) is 28.8 Å². The van der Waals surface area contributed by atoms with Crippen LogP contribution in [0.4, 0.5) is 31.1 Å². The van der Waals surface area contributed by atoms with E-state index in [9.17, 15) is 40.7 Å².